The lowest BCUT2D eigenvalue weighted by Gasteiger charge is -2.34. The molecule has 1 saturated heterocycles. The van der Waals surface area contributed by atoms with E-state index in [1.165, 1.54) is 0 Å². The van der Waals surface area contributed by atoms with Crippen molar-refractivity contribution in [3.05, 3.63) is 29.6 Å². The first-order chi connectivity index (χ1) is 13.0. The van der Waals surface area contributed by atoms with Crippen LogP contribution in [0.15, 0.2) is 12.7 Å². The van der Waals surface area contributed by atoms with Crippen molar-refractivity contribution in [1.29, 1.82) is 0 Å². The molecule has 0 saturated carbocycles. The SMILES string of the molecule is CC(=O)c1c(C)nn(CCC(=O)N2CCN(CCn3cncn3)CC2)c1C. The van der Waals surface area contributed by atoms with Crippen LogP contribution in [0, 0.1) is 13.8 Å². The number of carbonyl (C=O) groups excluding carboxylic acids is 2. The fraction of sp³-hybridized carbons (Fsp3) is 0.611. The molecule has 1 aliphatic heterocycles. The standard InChI is InChI=1S/C18H27N7O2/c1-14-18(16(3)26)15(2)25(21-14)5-4-17(27)23-9-6-22(7-10-23)8-11-24-13-19-12-20-24/h12-13H,4-11H2,1-3H3. The minimum atomic E-state index is 0.0181. The summed E-state index contributed by atoms with van der Waals surface area (Å²) in [5, 5.41) is 8.52. The van der Waals surface area contributed by atoms with E-state index in [0.717, 1.165) is 50.7 Å². The topological polar surface area (TPSA) is 89.2 Å². The van der Waals surface area contributed by atoms with Crippen LogP contribution < -0.4 is 0 Å². The van der Waals surface area contributed by atoms with Gasteiger partial charge in [-0.2, -0.15) is 10.2 Å². The Morgan fingerprint density at radius 3 is 2.41 bits per heavy atom. The second-order valence-corrected chi connectivity index (χ2v) is 6.96. The van der Waals surface area contributed by atoms with E-state index in [1.54, 1.807) is 24.3 Å². The summed E-state index contributed by atoms with van der Waals surface area (Å²) in [4.78, 5) is 32.4. The average molecular weight is 373 g/mol. The fourth-order valence-corrected chi connectivity index (χ4v) is 3.60. The Kier molecular flexibility index (Phi) is 6.00. The Balaban J connectivity index is 1.44. The Morgan fingerprint density at radius 2 is 1.81 bits per heavy atom. The normalized spacial score (nSPS) is 15.3. The molecule has 0 spiro atoms. The van der Waals surface area contributed by atoms with Crippen molar-refractivity contribution in [3.8, 4) is 0 Å². The molecule has 0 aromatic carbocycles. The number of rotatable bonds is 7. The lowest BCUT2D eigenvalue weighted by atomic mass is 10.1. The summed E-state index contributed by atoms with van der Waals surface area (Å²) in [5.74, 6) is 0.160. The summed E-state index contributed by atoms with van der Waals surface area (Å²) in [7, 11) is 0. The molecule has 3 heterocycles. The smallest absolute Gasteiger partial charge is 0.224 e. The number of aryl methyl sites for hydroxylation is 2. The maximum atomic E-state index is 12.5. The van der Waals surface area contributed by atoms with Crippen molar-refractivity contribution in [1.82, 2.24) is 34.3 Å². The number of piperazine rings is 1. The molecule has 9 heteroatoms. The van der Waals surface area contributed by atoms with Gasteiger partial charge in [-0.15, -0.1) is 0 Å². The van der Waals surface area contributed by atoms with Crippen LogP contribution in [-0.2, 0) is 17.9 Å². The van der Waals surface area contributed by atoms with Crippen LogP contribution in [0.3, 0.4) is 0 Å². The zero-order valence-electron chi connectivity index (χ0n) is 16.3. The van der Waals surface area contributed by atoms with Gasteiger partial charge in [0.1, 0.15) is 12.7 Å². The summed E-state index contributed by atoms with van der Waals surface area (Å²) in [6.45, 7) is 10.7. The highest BCUT2D eigenvalue weighted by Gasteiger charge is 2.22. The van der Waals surface area contributed by atoms with Crippen LogP contribution in [0.2, 0.25) is 0 Å². The number of aromatic nitrogens is 5. The quantitative estimate of drug-likeness (QED) is 0.658. The van der Waals surface area contributed by atoms with Crippen molar-refractivity contribution in [3.63, 3.8) is 0 Å². The highest BCUT2D eigenvalue weighted by Crippen LogP contribution is 2.14. The van der Waals surface area contributed by atoms with Gasteiger partial charge in [0.25, 0.3) is 0 Å². The average Bonchev–Trinajstić information content (AvgIpc) is 3.26. The van der Waals surface area contributed by atoms with E-state index in [-0.39, 0.29) is 11.7 Å². The lowest BCUT2D eigenvalue weighted by molar-refractivity contribution is -0.133. The molecule has 27 heavy (non-hydrogen) atoms. The van der Waals surface area contributed by atoms with Crippen LogP contribution in [-0.4, -0.2) is 78.8 Å². The molecule has 0 aliphatic carbocycles. The molecule has 3 rings (SSSR count). The number of ketones is 1. The first kappa shape index (κ1) is 19.2. The number of hydrogen-bond donors (Lipinski definition) is 0. The molecule has 0 unspecified atom stereocenters. The van der Waals surface area contributed by atoms with E-state index < -0.39 is 0 Å². The Labute approximate surface area is 159 Å². The second kappa shape index (κ2) is 8.43. The zero-order valence-corrected chi connectivity index (χ0v) is 16.3. The van der Waals surface area contributed by atoms with Crippen molar-refractivity contribution in [2.45, 2.75) is 40.3 Å². The first-order valence-electron chi connectivity index (χ1n) is 9.33. The number of Topliss-reactive ketones (excluding diaryl/α,β-unsaturated/α-hetero) is 1. The molecule has 0 radical (unpaired) electrons. The Morgan fingerprint density at radius 1 is 1.07 bits per heavy atom. The second-order valence-electron chi connectivity index (χ2n) is 6.96. The van der Waals surface area contributed by atoms with E-state index in [2.05, 4.69) is 20.1 Å². The van der Waals surface area contributed by atoms with Gasteiger partial charge in [-0.05, 0) is 20.8 Å². The van der Waals surface area contributed by atoms with Crippen LogP contribution >= 0.6 is 0 Å². The van der Waals surface area contributed by atoms with Gasteiger partial charge < -0.3 is 4.90 Å². The van der Waals surface area contributed by atoms with Gasteiger partial charge >= 0.3 is 0 Å². The minimum absolute atomic E-state index is 0.0181. The molecule has 1 aliphatic rings. The molecule has 2 aromatic heterocycles. The van der Waals surface area contributed by atoms with Gasteiger partial charge in [-0.25, -0.2) is 4.98 Å². The number of hydrogen-bond acceptors (Lipinski definition) is 6. The highest BCUT2D eigenvalue weighted by atomic mass is 16.2. The predicted octanol–water partition coefficient (Wildman–Crippen LogP) is 0.529. The number of nitrogens with zero attached hydrogens (tertiary/aromatic N) is 7. The molecule has 0 bridgehead atoms. The van der Waals surface area contributed by atoms with Crippen molar-refractivity contribution >= 4 is 11.7 Å². The molecule has 0 atom stereocenters. The van der Waals surface area contributed by atoms with E-state index in [9.17, 15) is 9.59 Å². The first-order valence-corrected chi connectivity index (χ1v) is 9.33. The minimum Gasteiger partial charge on any atom is -0.340 e. The van der Waals surface area contributed by atoms with Crippen LogP contribution in [0.25, 0.3) is 0 Å². The van der Waals surface area contributed by atoms with Gasteiger partial charge in [0.05, 0.1) is 17.8 Å². The molecule has 2 aromatic rings. The van der Waals surface area contributed by atoms with E-state index >= 15 is 0 Å². The van der Waals surface area contributed by atoms with Crippen LogP contribution in [0.4, 0.5) is 0 Å². The summed E-state index contributed by atoms with van der Waals surface area (Å²) < 4.78 is 3.60. The van der Waals surface area contributed by atoms with Gasteiger partial charge in [0.15, 0.2) is 5.78 Å². The molecular formula is C18H27N7O2. The third-order valence-electron chi connectivity index (χ3n) is 5.11. The maximum Gasteiger partial charge on any atom is 0.224 e. The van der Waals surface area contributed by atoms with Crippen molar-refractivity contribution < 1.29 is 9.59 Å². The Hall–Kier alpha value is -2.55. The molecule has 0 N–H and O–H groups in total. The third-order valence-corrected chi connectivity index (χ3v) is 5.11. The summed E-state index contributed by atoms with van der Waals surface area (Å²) >= 11 is 0. The van der Waals surface area contributed by atoms with Crippen molar-refractivity contribution in [2.24, 2.45) is 0 Å². The van der Waals surface area contributed by atoms with Crippen molar-refractivity contribution in [2.75, 3.05) is 32.7 Å². The van der Waals surface area contributed by atoms with Crippen LogP contribution in [0.5, 0.6) is 0 Å². The molecular weight excluding hydrogens is 346 g/mol. The van der Waals surface area contributed by atoms with E-state index in [1.807, 2.05) is 23.4 Å². The molecule has 1 fully saturated rings. The largest absolute Gasteiger partial charge is 0.340 e. The summed E-state index contributed by atoms with van der Waals surface area (Å²) in [5.41, 5.74) is 2.24. The third kappa shape index (κ3) is 4.60. The lowest BCUT2D eigenvalue weighted by Crippen LogP contribution is -2.49. The van der Waals surface area contributed by atoms with Gasteiger partial charge in [0.2, 0.25) is 5.91 Å². The fourth-order valence-electron chi connectivity index (χ4n) is 3.60. The molecule has 1 amide bonds. The Bertz CT molecular complexity index is 789. The molecule has 9 nitrogen and oxygen atoms in total. The number of amides is 1. The zero-order chi connectivity index (χ0) is 19.4. The monoisotopic (exact) mass is 373 g/mol. The highest BCUT2D eigenvalue weighted by molar-refractivity contribution is 5.96. The van der Waals surface area contributed by atoms with Gasteiger partial charge in [0, 0.05) is 51.4 Å². The predicted molar refractivity (Wildman–Crippen MR) is 99.4 cm³/mol. The van der Waals surface area contributed by atoms with E-state index in [4.69, 9.17) is 0 Å². The van der Waals surface area contributed by atoms with Gasteiger partial charge in [-0.1, -0.05) is 0 Å². The maximum absolute atomic E-state index is 12.5. The van der Waals surface area contributed by atoms with Gasteiger partial charge in [-0.3, -0.25) is 23.9 Å². The summed E-state index contributed by atoms with van der Waals surface area (Å²) in [6, 6.07) is 0. The number of carbonyl (C=O) groups is 2. The van der Waals surface area contributed by atoms with Crippen LogP contribution in [0.1, 0.15) is 35.1 Å². The van der Waals surface area contributed by atoms with E-state index in [0.29, 0.717) is 18.5 Å². The summed E-state index contributed by atoms with van der Waals surface area (Å²) in [6.07, 6.45) is 3.66. The molecule has 146 valence electrons.